The summed E-state index contributed by atoms with van der Waals surface area (Å²) in [6.45, 7) is 0.895. The molecule has 1 aromatic heterocycles. The van der Waals surface area contributed by atoms with Gasteiger partial charge in [0, 0.05) is 12.3 Å². The SMILES string of the molecule is C#CCSCCNC(c1ccccc1)c1ccco1. The summed E-state index contributed by atoms with van der Waals surface area (Å²) >= 11 is 1.76. The molecule has 0 fully saturated rings. The third kappa shape index (κ3) is 4.20. The Bertz CT molecular complexity index is 501. The van der Waals surface area contributed by atoms with E-state index in [2.05, 4.69) is 23.4 Å². The number of thioether (sulfide) groups is 1. The monoisotopic (exact) mass is 271 g/mol. The molecule has 0 saturated carbocycles. The van der Waals surface area contributed by atoms with Crippen molar-refractivity contribution in [2.75, 3.05) is 18.1 Å². The van der Waals surface area contributed by atoms with Gasteiger partial charge in [0.2, 0.25) is 0 Å². The molecule has 3 heteroatoms. The molecule has 1 unspecified atom stereocenters. The first-order valence-corrected chi connectivity index (χ1v) is 7.40. The predicted octanol–water partition coefficient (Wildman–Crippen LogP) is 3.33. The zero-order chi connectivity index (χ0) is 13.3. The molecule has 1 atom stereocenters. The molecular weight excluding hydrogens is 254 g/mol. The van der Waals surface area contributed by atoms with Gasteiger partial charge in [0.05, 0.1) is 18.1 Å². The van der Waals surface area contributed by atoms with Crippen LogP contribution in [0.1, 0.15) is 17.4 Å². The average molecular weight is 271 g/mol. The Morgan fingerprint density at radius 2 is 2.05 bits per heavy atom. The summed E-state index contributed by atoms with van der Waals surface area (Å²) in [4.78, 5) is 0. The highest BCUT2D eigenvalue weighted by atomic mass is 32.2. The summed E-state index contributed by atoms with van der Waals surface area (Å²) in [5, 5.41) is 3.51. The summed E-state index contributed by atoms with van der Waals surface area (Å²) in [7, 11) is 0. The van der Waals surface area contributed by atoms with Gasteiger partial charge in [-0.05, 0) is 17.7 Å². The first-order valence-electron chi connectivity index (χ1n) is 6.25. The first-order chi connectivity index (χ1) is 9.42. The normalized spacial score (nSPS) is 11.9. The Morgan fingerprint density at radius 1 is 1.21 bits per heavy atom. The van der Waals surface area contributed by atoms with Gasteiger partial charge in [0.15, 0.2) is 0 Å². The zero-order valence-corrected chi connectivity index (χ0v) is 11.5. The van der Waals surface area contributed by atoms with Crippen molar-refractivity contribution in [1.82, 2.24) is 5.32 Å². The van der Waals surface area contributed by atoms with E-state index in [0.29, 0.717) is 0 Å². The van der Waals surface area contributed by atoms with Crippen molar-refractivity contribution in [3.63, 3.8) is 0 Å². The fourth-order valence-corrected chi connectivity index (χ4v) is 2.41. The molecule has 0 saturated heterocycles. The van der Waals surface area contributed by atoms with Crippen LogP contribution < -0.4 is 5.32 Å². The number of hydrogen-bond acceptors (Lipinski definition) is 3. The highest BCUT2D eigenvalue weighted by molar-refractivity contribution is 7.99. The minimum absolute atomic E-state index is 0.0997. The molecule has 1 aromatic carbocycles. The van der Waals surface area contributed by atoms with Crippen LogP contribution in [0, 0.1) is 12.3 Å². The Kier molecular flexibility index (Phi) is 5.61. The molecule has 0 spiro atoms. The van der Waals surface area contributed by atoms with Crippen LogP contribution in [-0.2, 0) is 0 Å². The summed E-state index contributed by atoms with van der Waals surface area (Å²) in [5.41, 5.74) is 1.21. The molecule has 0 radical (unpaired) electrons. The number of terminal acetylenes is 1. The van der Waals surface area contributed by atoms with Gasteiger partial charge in [-0.2, -0.15) is 0 Å². The molecule has 0 aliphatic heterocycles. The lowest BCUT2D eigenvalue weighted by atomic mass is 10.0. The van der Waals surface area contributed by atoms with E-state index in [1.165, 1.54) is 5.56 Å². The van der Waals surface area contributed by atoms with Crippen molar-refractivity contribution < 1.29 is 4.42 Å². The maximum absolute atomic E-state index is 5.53. The minimum Gasteiger partial charge on any atom is -0.467 e. The Labute approximate surface area is 118 Å². The lowest BCUT2D eigenvalue weighted by Crippen LogP contribution is -2.24. The van der Waals surface area contributed by atoms with Crippen molar-refractivity contribution in [1.29, 1.82) is 0 Å². The van der Waals surface area contributed by atoms with Crippen LogP contribution in [0.2, 0.25) is 0 Å². The van der Waals surface area contributed by atoms with Gasteiger partial charge in [0.25, 0.3) is 0 Å². The highest BCUT2D eigenvalue weighted by Gasteiger charge is 2.15. The van der Waals surface area contributed by atoms with Crippen LogP contribution in [0.15, 0.2) is 53.1 Å². The molecule has 1 N–H and O–H groups in total. The lowest BCUT2D eigenvalue weighted by molar-refractivity contribution is 0.453. The van der Waals surface area contributed by atoms with Crippen LogP contribution in [-0.4, -0.2) is 18.1 Å². The van der Waals surface area contributed by atoms with Crippen molar-refractivity contribution in [3.05, 3.63) is 60.1 Å². The molecule has 0 amide bonds. The minimum atomic E-state index is 0.0997. The van der Waals surface area contributed by atoms with Crippen LogP contribution in [0.5, 0.6) is 0 Å². The van der Waals surface area contributed by atoms with E-state index in [1.807, 2.05) is 30.3 Å². The molecule has 2 nitrogen and oxygen atoms in total. The Morgan fingerprint density at radius 3 is 2.74 bits per heavy atom. The van der Waals surface area contributed by atoms with E-state index in [4.69, 9.17) is 10.8 Å². The fraction of sp³-hybridized carbons (Fsp3) is 0.250. The van der Waals surface area contributed by atoms with Gasteiger partial charge >= 0.3 is 0 Å². The van der Waals surface area contributed by atoms with E-state index in [0.717, 1.165) is 23.8 Å². The van der Waals surface area contributed by atoms with Gasteiger partial charge in [0.1, 0.15) is 5.76 Å². The number of nitrogens with one attached hydrogen (secondary N) is 1. The van der Waals surface area contributed by atoms with Crippen molar-refractivity contribution in [2.45, 2.75) is 6.04 Å². The average Bonchev–Trinajstić information content (AvgIpc) is 2.98. The Hall–Kier alpha value is -1.63. The molecule has 0 bridgehead atoms. The van der Waals surface area contributed by atoms with Gasteiger partial charge in [-0.3, -0.25) is 0 Å². The topological polar surface area (TPSA) is 25.2 Å². The third-order valence-corrected chi connectivity index (χ3v) is 3.60. The zero-order valence-electron chi connectivity index (χ0n) is 10.7. The molecule has 98 valence electrons. The second kappa shape index (κ2) is 7.73. The quantitative estimate of drug-likeness (QED) is 0.618. The van der Waals surface area contributed by atoms with E-state index in [1.54, 1.807) is 18.0 Å². The lowest BCUT2D eigenvalue weighted by Gasteiger charge is -2.16. The second-order valence-corrected chi connectivity index (χ2v) is 5.18. The van der Waals surface area contributed by atoms with Crippen LogP contribution >= 0.6 is 11.8 Å². The smallest absolute Gasteiger partial charge is 0.125 e. The van der Waals surface area contributed by atoms with Crippen molar-refractivity contribution >= 4 is 11.8 Å². The van der Waals surface area contributed by atoms with E-state index in [9.17, 15) is 0 Å². The predicted molar refractivity (Wildman–Crippen MR) is 81.2 cm³/mol. The Balaban J connectivity index is 1.98. The summed E-state index contributed by atoms with van der Waals surface area (Å²) < 4.78 is 5.53. The molecule has 19 heavy (non-hydrogen) atoms. The third-order valence-electron chi connectivity index (χ3n) is 2.74. The number of furan rings is 1. The maximum atomic E-state index is 5.53. The summed E-state index contributed by atoms with van der Waals surface area (Å²) in [6.07, 6.45) is 6.94. The first kappa shape index (κ1) is 13.8. The van der Waals surface area contributed by atoms with E-state index < -0.39 is 0 Å². The van der Waals surface area contributed by atoms with Gasteiger partial charge < -0.3 is 9.73 Å². The van der Waals surface area contributed by atoms with Crippen molar-refractivity contribution in [3.8, 4) is 12.3 Å². The number of benzene rings is 1. The van der Waals surface area contributed by atoms with Crippen LogP contribution in [0.4, 0.5) is 0 Å². The molecule has 0 aliphatic rings. The van der Waals surface area contributed by atoms with Crippen LogP contribution in [0.3, 0.4) is 0 Å². The maximum Gasteiger partial charge on any atom is 0.125 e. The fourth-order valence-electron chi connectivity index (χ4n) is 1.89. The van der Waals surface area contributed by atoms with Gasteiger partial charge in [-0.15, -0.1) is 18.2 Å². The molecular formula is C16H17NOS. The van der Waals surface area contributed by atoms with Gasteiger partial charge in [-0.1, -0.05) is 36.3 Å². The molecule has 2 rings (SSSR count). The van der Waals surface area contributed by atoms with E-state index in [-0.39, 0.29) is 6.04 Å². The summed E-state index contributed by atoms with van der Waals surface area (Å²) in [6, 6.07) is 14.3. The molecule has 1 heterocycles. The molecule has 2 aromatic rings. The van der Waals surface area contributed by atoms with Gasteiger partial charge in [-0.25, -0.2) is 0 Å². The second-order valence-electron chi connectivity index (χ2n) is 4.07. The van der Waals surface area contributed by atoms with E-state index >= 15 is 0 Å². The largest absolute Gasteiger partial charge is 0.467 e. The highest BCUT2D eigenvalue weighted by Crippen LogP contribution is 2.22. The standard InChI is InChI=1S/C16H17NOS/c1-2-12-19-13-10-17-16(15-9-6-11-18-15)14-7-4-3-5-8-14/h1,3-9,11,16-17H,10,12-13H2. The molecule has 0 aliphatic carbocycles. The van der Waals surface area contributed by atoms with Crippen molar-refractivity contribution in [2.24, 2.45) is 0 Å². The number of rotatable bonds is 7. The summed E-state index contributed by atoms with van der Waals surface area (Å²) in [5.74, 6) is 5.33. The number of hydrogen-bond donors (Lipinski definition) is 1. The van der Waals surface area contributed by atoms with Crippen LogP contribution in [0.25, 0.3) is 0 Å².